The van der Waals surface area contributed by atoms with E-state index >= 15 is 0 Å². The van der Waals surface area contributed by atoms with Crippen LogP contribution in [0.3, 0.4) is 0 Å². The van der Waals surface area contributed by atoms with Gasteiger partial charge < -0.3 is 4.90 Å². The molecule has 0 spiro atoms. The fourth-order valence-corrected chi connectivity index (χ4v) is 3.48. The second kappa shape index (κ2) is 10.3. The van der Waals surface area contributed by atoms with E-state index in [1.165, 1.54) is 51.4 Å². The zero-order valence-corrected chi connectivity index (χ0v) is 15.5. The number of hydrogen-bond acceptors (Lipinski definition) is 2. The molecule has 1 aromatic rings. The highest BCUT2D eigenvalue weighted by molar-refractivity contribution is 6.03. The molecule has 0 aliphatic carbocycles. The molecule has 0 N–H and O–H groups in total. The number of allylic oxidation sites excluding steroid dienone is 1. The first-order chi connectivity index (χ1) is 11.7. The topological polar surface area (TPSA) is 20.3 Å². The third-order valence-corrected chi connectivity index (χ3v) is 5.06. The van der Waals surface area contributed by atoms with E-state index in [2.05, 4.69) is 31.0 Å². The van der Waals surface area contributed by atoms with E-state index in [4.69, 9.17) is 0 Å². The Bertz CT molecular complexity index is 535. The van der Waals surface area contributed by atoms with E-state index in [-0.39, 0.29) is 11.8 Å². The van der Waals surface area contributed by atoms with Crippen LogP contribution in [0.4, 0.5) is 5.69 Å². The molecule has 0 saturated heterocycles. The second-order valence-corrected chi connectivity index (χ2v) is 7.01. The summed E-state index contributed by atoms with van der Waals surface area (Å²) in [6.45, 7) is 2.27. The average Bonchev–Trinajstić information content (AvgIpc) is 2.60. The van der Waals surface area contributed by atoms with Crippen LogP contribution in [0, 0.1) is 0 Å². The first kappa shape index (κ1) is 18.8. The summed E-state index contributed by atoms with van der Waals surface area (Å²) in [6.07, 6.45) is 17.1. The maximum atomic E-state index is 12.3. The molecular weight excluding hydrogens is 294 g/mol. The van der Waals surface area contributed by atoms with Gasteiger partial charge in [0.05, 0.1) is 6.04 Å². The van der Waals surface area contributed by atoms with Crippen LogP contribution in [-0.4, -0.2) is 18.9 Å². The summed E-state index contributed by atoms with van der Waals surface area (Å²) in [5.74, 6) is 0.269. The molecule has 1 aliphatic rings. The van der Waals surface area contributed by atoms with Gasteiger partial charge in [-0.05, 0) is 25.0 Å². The van der Waals surface area contributed by atoms with Gasteiger partial charge in [-0.25, -0.2) is 0 Å². The number of rotatable bonds is 10. The van der Waals surface area contributed by atoms with Crippen LogP contribution < -0.4 is 4.90 Å². The molecule has 1 unspecified atom stereocenters. The summed E-state index contributed by atoms with van der Waals surface area (Å²) in [7, 11) is 2.09. The molecule has 0 amide bonds. The molecule has 2 heteroatoms. The smallest absolute Gasteiger partial charge is 0.167 e. The highest BCUT2D eigenvalue weighted by Gasteiger charge is 2.26. The summed E-state index contributed by atoms with van der Waals surface area (Å²) >= 11 is 0. The van der Waals surface area contributed by atoms with Crippen molar-refractivity contribution in [3.63, 3.8) is 0 Å². The van der Waals surface area contributed by atoms with Crippen molar-refractivity contribution in [2.24, 2.45) is 0 Å². The molecule has 0 radical (unpaired) electrons. The van der Waals surface area contributed by atoms with Crippen molar-refractivity contribution in [3.8, 4) is 0 Å². The molecule has 2 nitrogen and oxygen atoms in total. The van der Waals surface area contributed by atoms with Crippen molar-refractivity contribution in [2.45, 2.75) is 77.2 Å². The number of nitrogens with zero attached hydrogens (tertiary/aromatic N) is 1. The van der Waals surface area contributed by atoms with Crippen molar-refractivity contribution < 1.29 is 4.79 Å². The predicted molar refractivity (Wildman–Crippen MR) is 104 cm³/mol. The third-order valence-electron chi connectivity index (χ3n) is 5.06. The Morgan fingerprint density at radius 2 is 1.71 bits per heavy atom. The Morgan fingerprint density at radius 3 is 2.46 bits per heavy atom. The fraction of sp³-hybridized carbons (Fsp3) is 0.591. The van der Waals surface area contributed by atoms with Crippen molar-refractivity contribution in [3.05, 3.63) is 42.0 Å². The second-order valence-electron chi connectivity index (χ2n) is 7.01. The highest BCUT2D eigenvalue weighted by atomic mass is 16.1. The first-order valence-electron chi connectivity index (χ1n) is 9.75. The number of benzene rings is 1. The molecular formula is C22H33NO. The van der Waals surface area contributed by atoms with Gasteiger partial charge in [0.2, 0.25) is 0 Å². The van der Waals surface area contributed by atoms with E-state index in [1.807, 2.05) is 24.3 Å². The van der Waals surface area contributed by atoms with Gasteiger partial charge in [0, 0.05) is 24.7 Å². The number of ketones is 1. The lowest BCUT2D eigenvalue weighted by Gasteiger charge is -2.33. The Balaban J connectivity index is 1.67. The molecule has 1 heterocycles. The van der Waals surface area contributed by atoms with Crippen LogP contribution in [-0.2, 0) is 0 Å². The summed E-state index contributed by atoms with van der Waals surface area (Å²) in [5, 5.41) is 0. The Kier molecular flexibility index (Phi) is 8.07. The van der Waals surface area contributed by atoms with E-state index in [0.717, 1.165) is 17.7 Å². The van der Waals surface area contributed by atoms with Gasteiger partial charge in [-0.15, -0.1) is 0 Å². The lowest BCUT2D eigenvalue weighted by atomic mass is 9.94. The zero-order valence-electron chi connectivity index (χ0n) is 15.5. The maximum absolute atomic E-state index is 12.3. The van der Waals surface area contributed by atoms with Crippen LogP contribution in [0.1, 0.15) is 81.5 Å². The molecule has 24 heavy (non-hydrogen) atoms. The molecule has 1 atom stereocenters. The number of carbonyl (C=O) groups is 1. The Morgan fingerprint density at radius 1 is 1.04 bits per heavy atom. The summed E-state index contributed by atoms with van der Waals surface area (Å²) in [4.78, 5) is 14.5. The van der Waals surface area contributed by atoms with E-state index in [1.54, 1.807) is 0 Å². The minimum Gasteiger partial charge on any atom is -0.367 e. The van der Waals surface area contributed by atoms with Gasteiger partial charge in [0.25, 0.3) is 0 Å². The minimum absolute atomic E-state index is 0.210. The Hall–Kier alpha value is -1.57. The third kappa shape index (κ3) is 5.51. The van der Waals surface area contributed by atoms with Crippen LogP contribution in [0.15, 0.2) is 36.4 Å². The van der Waals surface area contributed by atoms with Gasteiger partial charge >= 0.3 is 0 Å². The van der Waals surface area contributed by atoms with Gasteiger partial charge in [0.1, 0.15) is 0 Å². The van der Waals surface area contributed by atoms with Gasteiger partial charge in [-0.2, -0.15) is 0 Å². The number of unbranched alkanes of at least 4 members (excludes halogenated alkanes) is 8. The highest BCUT2D eigenvalue weighted by Crippen LogP contribution is 2.29. The minimum atomic E-state index is 0.210. The monoisotopic (exact) mass is 327 g/mol. The quantitative estimate of drug-likeness (QED) is 0.378. The van der Waals surface area contributed by atoms with Gasteiger partial charge in [-0.3, -0.25) is 4.79 Å². The number of fused-ring (bicyclic) bond motifs is 1. The molecule has 0 bridgehead atoms. The van der Waals surface area contributed by atoms with Gasteiger partial charge in [0.15, 0.2) is 5.78 Å². The largest absolute Gasteiger partial charge is 0.367 e. The SMILES string of the molecule is CCCCCCCCCC/C=C/C1CC(=O)c2ccccc2N1C. The van der Waals surface area contributed by atoms with E-state index in [0.29, 0.717) is 6.42 Å². The van der Waals surface area contributed by atoms with Crippen molar-refractivity contribution in [2.75, 3.05) is 11.9 Å². The molecule has 0 saturated carbocycles. The number of anilines is 1. The van der Waals surface area contributed by atoms with Crippen LogP contribution >= 0.6 is 0 Å². The summed E-state index contributed by atoms with van der Waals surface area (Å²) in [6, 6.07) is 8.15. The van der Waals surface area contributed by atoms with Crippen LogP contribution in [0.5, 0.6) is 0 Å². The molecule has 0 aromatic heterocycles. The van der Waals surface area contributed by atoms with E-state index < -0.39 is 0 Å². The number of likely N-dealkylation sites (N-methyl/N-ethyl adjacent to an activating group) is 1. The number of para-hydroxylation sites is 1. The number of hydrogen-bond donors (Lipinski definition) is 0. The number of carbonyl (C=O) groups excluding carboxylic acids is 1. The van der Waals surface area contributed by atoms with E-state index in [9.17, 15) is 4.79 Å². The normalized spacial score (nSPS) is 17.5. The maximum Gasteiger partial charge on any atom is 0.167 e. The van der Waals surface area contributed by atoms with Crippen molar-refractivity contribution in [1.82, 2.24) is 0 Å². The van der Waals surface area contributed by atoms with Gasteiger partial charge in [-0.1, -0.05) is 76.2 Å². The zero-order chi connectivity index (χ0) is 17.2. The van der Waals surface area contributed by atoms with Crippen LogP contribution in [0.25, 0.3) is 0 Å². The molecule has 132 valence electrons. The average molecular weight is 328 g/mol. The molecule has 2 rings (SSSR count). The molecule has 1 aromatic carbocycles. The fourth-order valence-electron chi connectivity index (χ4n) is 3.48. The first-order valence-corrected chi connectivity index (χ1v) is 9.75. The van der Waals surface area contributed by atoms with Crippen molar-refractivity contribution in [1.29, 1.82) is 0 Å². The summed E-state index contributed by atoms with van der Waals surface area (Å²) < 4.78 is 0. The standard InChI is InChI=1S/C22H33NO/c1-3-4-5-6-7-8-9-10-11-12-15-19-18-22(24)20-16-13-14-17-21(20)23(19)2/h12-17,19H,3-11,18H2,1-2H3/b15-12+. The molecule has 1 aliphatic heterocycles. The summed E-state index contributed by atoms with van der Waals surface area (Å²) in [5.41, 5.74) is 1.93. The predicted octanol–water partition coefficient (Wildman–Crippen LogP) is 6.16. The lowest BCUT2D eigenvalue weighted by Crippen LogP contribution is -2.37. The van der Waals surface area contributed by atoms with Crippen LogP contribution in [0.2, 0.25) is 0 Å². The number of Topliss-reactive ketones (excluding diaryl/α,β-unsaturated/α-hetero) is 1. The lowest BCUT2D eigenvalue weighted by molar-refractivity contribution is 0.0973. The Labute approximate surface area is 147 Å². The molecule has 0 fully saturated rings. The van der Waals surface area contributed by atoms with Crippen molar-refractivity contribution >= 4 is 11.5 Å².